The van der Waals surface area contributed by atoms with E-state index in [4.69, 9.17) is 11.6 Å². The van der Waals surface area contributed by atoms with Crippen molar-refractivity contribution in [1.29, 1.82) is 0 Å². The van der Waals surface area contributed by atoms with Gasteiger partial charge in [0.15, 0.2) is 10.8 Å². The SMILES string of the molecule is CC(C)(C)NCc1c(-n2cc(Cl)cn2)nc2sccn12. The van der Waals surface area contributed by atoms with Crippen molar-refractivity contribution in [3.8, 4) is 5.82 Å². The van der Waals surface area contributed by atoms with Crippen LogP contribution >= 0.6 is 22.9 Å². The lowest BCUT2D eigenvalue weighted by Gasteiger charge is -2.20. The van der Waals surface area contributed by atoms with Crippen LogP contribution in [0.4, 0.5) is 0 Å². The number of hydrogen-bond acceptors (Lipinski definition) is 4. The minimum absolute atomic E-state index is 0.0409. The van der Waals surface area contributed by atoms with Crippen LogP contribution in [0.1, 0.15) is 26.5 Å². The molecule has 3 heterocycles. The van der Waals surface area contributed by atoms with Crippen molar-refractivity contribution < 1.29 is 0 Å². The van der Waals surface area contributed by atoms with E-state index >= 15 is 0 Å². The molecule has 0 spiro atoms. The standard InChI is InChI=1S/C13H16ClN5S/c1-13(2,3)15-7-10-11(19-8-9(14)6-16-19)17-12-18(10)4-5-20-12/h4-6,8,15H,7H2,1-3H3. The van der Waals surface area contributed by atoms with Gasteiger partial charge in [0.1, 0.15) is 0 Å². The van der Waals surface area contributed by atoms with Crippen LogP contribution in [-0.4, -0.2) is 24.7 Å². The van der Waals surface area contributed by atoms with Crippen molar-refractivity contribution >= 4 is 27.9 Å². The van der Waals surface area contributed by atoms with Gasteiger partial charge < -0.3 is 5.32 Å². The van der Waals surface area contributed by atoms with E-state index in [9.17, 15) is 0 Å². The summed E-state index contributed by atoms with van der Waals surface area (Å²) in [7, 11) is 0. The molecule has 20 heavy (non-hydrogen) atoms. The number of thiazole rings is 1. The summed E-state index contributed by atoms with van der Waals surface area (Å²) in [4.78, 5) is 5.60. The molecule has 0 radical (unpaired) electrons. The Morgan fingerprint density at radius 1 is 1.40 bits per heavy atom. The summed E-state index contributed by atoms with van der Waals surface area (Å²) in [5.74, 6) is 0.820. The minimum Gasteiger partial charge on any atom is -0.306 e. The topological polar surface area (TPSA) is 47.2 Å². The Bertz CT molecular complexity index is 733. The van der Waals surface area contributed by atoms with E-state index in [0.29, 0.717) is 11.6 Å². The van der Waals surface area contributed by atoms with Crippen molar-refractivity contribution in [2.24, 2.45) is 0 Å². The van der Waals surface area contributed by atoms with Gasteiger partial charge in [-0.2, -0.15) is 10.1 Å². The van der Waals surface area contributed by atoms with E-state index in [0.717, 1.165) is 16.5 Å². The second-order valence-corrected chi connectivity index (χ2v) is 6.95. The predicted molar refractivity (Wildman–Crippen MR) is 81.8 cm³/mol. The smallest absolute Gasteiger partial charge is 0.196 e. The number of aromatic nitrogens is 4. The average Bonchev–Trinajstić information content (AvgIpc) is 2.99. The van der Waals surface area contributed by atoms with Gasteiger partial charge in [0.05, 0.1) is 23.1 Å². The monoisotopic (exact) mass is 309 g/mol. The maximum absolute atomic E-state index is 5.95. The number of hydrogen-bond donors (Lipinski definition) is 1. The Morgan fingerprint density at radius 3 is 2.85 bits per heavy atom. The van der Waals surface area contributed by atoms with Crippen LogP contribution in [0.25, 0.3) is 10.8 Å². The highest BCUT2D eigenvalue weighted by molar-refractivity contribution is 7.15. The molecule has 0 fully saturated rings. The van der Waals surface area contributed by atoms with E-state index in [2.05, 4.69) is 40.6 Å². The number of fused-ring (bicyclic) bond motifs is 1. The zero-order valence-electron chi connectivity index (χ0n) is 11.6. The Balaban J connectivity index is 2.04. The fourth-order valence-electron chi connectivity index (χ4n) is 1.93. The van der Waals surface area contributed by atoms with Crippen LogP contribution in [0, 0.1) is 0 Å². The molecule has 3 rings (SSSR count). The van der Waals surface area contributed by atoms with E-state index in [1.807, 2.05) is 11.6 Å². The van der Waals surface area contributed by atoms with Gasteiger partial charge >= 0.3 is 0 Å². The van der Waals surface area contributed by atoms with Crippen LogP contribution in [0.3, 0.4) is 0 Å². The lowest BCUT2D eigenvalue weighted by Crippen LogP contribution is -2.35. The first kappa shape index (κ1) is 13.6. The van der Waals surface area contributed by atoms with Gasteiger partial charge in [0.25, 0.3) is 0 Å². The molecule has 0 aliphatic heterocycles. The lowest BCUT2D eigenvalue weighted by molar-refractivity contribution is 0.420. The van der Waals surface area contributed by atoms with Gasteiger partial charge in [-0.25, -0.2) is 4.68 Å². The molecule has 3 aromatic rings. The van der Waals surface area contributed by atoms with Gasteiger partial charge in [-0.3, -0.25) is 4.40 Å². The molecule has 3 aromatic heterocycles. The first-order valence-electron chi connectivity index (χ1n) is 6.34. The Kier molecular flexibility index (Phi) is 3.32. The number of rotatable bonds is 3. The second-order valence-electron chi connectivity index (χ2n) is 5.64. The summed E-state index contributed by atoms with van der Waals surface area (Å²) >= 11 is 7.56. The Labute approximate surface area is 126 Å². The third-order valence-electron chi connectivity index (χ3n) is 2.89. The van der Waals surface area contributed by atoms with Crippen LogP contribution in [0.2, 0.25) is 5.02 Å². The molecule has 0 aliphatic carbocycles. The molecule has 0 amide bonds. The normalized spacial score (nSPS) is 12.4. The summed E-state index contributed by atoms with van der Waals surface area (Å²) in [6, 6.07) is 0. The van der Waals surface area contributed by atoms with Crippen molar-refractivity contribution in [3.63, 3.8) is 0 Å². The third kappa shape index (κ3) is 2.59. The quantitative estimate of drug-likeness (QED) is 0.808. The van der Waals surface area contributed by atoms with Gasteiger partial charge in [0, 0.05) is 23.7 Å². The molecule has 0 atom stereocenters. The highest BCUT2D eigenvalue weighted by Gasteiger charge is 2.18. The van der Waals surface area contributed by atoms with Gasteiger partial charge in [-0.05, 0) is 20.8 Å². The molecule has 0 aliphatic rings. The molecule has 7 heteroatoms. The average molecular weight is 310 g/mol. The first-order chi connectivity index (χ1) is 9.44. The van der Waals surface area contributed by atoms with Crippen molar-refractivity contribution in [1.82, 2.24) is 24.5 Å². The molecule has 5 nitrogen and oxygen atoms in total. The van der Waals surface area contributed by atoms with E-state index in [1.54, 1.807) is 28.4 Å². The van der Waals surface area contributed by atoms with Crippen LogP contribution in [0.5, 0.6) is 0 Å². The van der Waals surface area contributed by atoms with E-state index < -0.39 is 0 Å². The predicted octanol–water partition coefficient (Wildman–Crippen LogP) is 3.12. The molecule has 1 N–H and O–H groups in total. The highest BCUT2D eigenvalue weighted by Crippen LogP contribution is 2.22. The number of nitrogens with one attached hydrogen (secondary N) is 1. The summed E-state index contributed by atoms with van der Waals surface area (Å²) < 4.78 is 3.82. The molecule has 0 saturated carbocycles. The van der Waals surface area contributed by atoms with E-state index in [1.165, 1.54) is 0 Å². The summed E-state index contributed by atoms with van der Waals surface area (Å²) in [6.07, 6.45) is 5.42. The maximum Gasteiger partial charge on any atom is 0.196 e. The van der Waals surface area contributed by atoms with Crippen LogP contribution in [0.15, 0.2) is 24.0 Å². The van der Waals surface area contributed by atoms with Crippen LogP contribution in [-0.2, 0) is 6.54 Å². The molecule has 106 valence electrons. The van der Waals surface area contributed by atoms with Gasteiger partial charge in [-0.15, -0.1) is 11.3 Å². The summed E-state index contributed by atoms with van der Waals surface area (Å²) in [6.45, 7) is 7.14. The summed E-state index contributed by atoms with van der Waals surface area (Å²) in [5.41, 5.74) is 1.12. The van der Waals surface area contributed by atoms with Crippen LogP contribution < -0.4 is 5.32 Å². The maximum atomic E-state index is 5.95. The van der Waals surface area contributed by atoms with Crippen molar-refractivity contribution in [2.75, 3.05) is 0 Å². The molecule has 0 bridgehead atoms. The Hall–Kier alpha value is -1.37. The second kappa shape index (κ2) is 4.87. The van der Waals surface area contributed by atoms with Gasteiger partial charge in [-0.1, -0.05) is 11.6 Å². The molecule has 0 saturated heterocycles. The molecular weight excluding hydrogens is 294 g/mol. The zero-order chi connectivity index (χ0) is 14.3. The molecule has 0 aromatic carbocycles. The number of imidazole rings is 1. The number of halogens is 1. The zero-order valence-corrected chi connectivity index (χ0v) is 13.2. The fourth-order valence-corrected chi connectivity index (χ4v) is 2.80. The number of nitrogens with zero attached hydrogens (tertiary/aromatic N) is 4. The minimum atomic E-state index is 0.0409. The molecular formula is C13H16ClN5S. The fraction of sp³-hybridized carbons (Fsp3) is 0.385. The third-order valence-corrected chi connectivity index (χ3v) is 3.85. The summed E-state index contributed by atoms with van der Waals surface area (Å²) in [5, 5.41) is 10.4. The molecule has 0 unspecified atom stereocenters. The van der Waals surface area contributed by atoms with E-state index in [-0.39, 0.29) is 5.54 Å². The first-order valence-corrected chi connectivity index (χ1v) is 7.60. The largest absolute Gasteiger partial charge is 0.306 e. The lowest BCUT2D eigenvalue weighted by atomic mass is 10.1. The van der Waals surface area contributed by atoms with Crippen molar-refractivity contribution in [3.05, 3.63) is 34.7 Å². The highest BCUT2D eigenvalue weighted by atomic mass is 35.5. The Morgan fingerprint density at radius 2 is 2.20 bits per heavy atom. The van der Waals surface area contributed by atoms with Crippen molar-refractivity contribution in [2.45, 2.75) is 32.9 Å². The van der Waals surface area contributed by atoms with Gasteiger partial charge in [0.2, 0.25) is 0 Å².